The van der Waals surface area contributed by atoms with Crippen LogP contribution in [0.25, 0.3) is 0 Å². The molecule has 6 heteroatoms. The van der Waals surface area contributed by atoms with E-state index in [0.29, 0.717) is 12.5 Å². The molecule has 1 amide bonds. The second kappa shape index (κ2) is 14.6. The Labute approximate surface area is 207 Å². The van der Waals surface area contributed by atoms with Crippen molar-refractivity contribution >= 4 is 6.09 Å². The number of para-hydroxylation sites is 1. The highest BCUT2D eigenvalue weighted by Crippen LogP contribution is 2.38. The van der Waals surface area contributed by atoms with Crippen LogP contribution < -0.4 is 15.8 Å². The molecule has 1 aliphatic carbocycles. The summed E-state index contributed by atoms with van der Waals surface area (Å²) in [5.41, 5.74) is 7.23. The smallest absolute Gasteiger partial charge is 0.407 e. The van der Waals surface area contributed by atoms with Crippen LogP contribution in [0, 0.1) is 0 Å². The fourth-order valence-electron chi connectivity index (χ4n) is 4.55. The topological polar surface area (TPSA) is 82.8 Å². The van der Waals surface area contributed by atoms with Gasteiger partial charge in [0.1, 0.15) is 11.4 Å². The van der Waals surface area contributed by atoms with Crippen LogP contribution in [-0.4, -0.2) is 43.1 Å². The van der Waals surface area contributed by atoms with Crippen molar-refractivity contribution in [1.29, 1.82) is 0 Å². The van der Waals surface area contributed by atoms with Crippen molar-refractivity contribution in [2.24, 2.45) is 5.73 Å². The van der Waals surface area contributed by atoms with Crippen LogP contribution in [0.3, 0.4) is 0 Å². The van der Waals surface area contributed by atoms with E-state index in [9.17, 15) is 4.79 Å². The molecule has 0 spiro atoms. The number of benzene rings is 1. The predicted octanol–water partition coefficient (Wildman–Crippen LogP) is 6.32. The van der Waals surface area contributed by atoms with Gasteiger partial charge in [-0.25, -0.2) is 4.79 Å². The zero-order valence-electron chi connectivity index (χ0n) is 22.1. The van der Waals surface area contributed by atoms with Gasteiger partial charge in [-0.05, 0) is 76.8 Å². The fraction of sp³-hybridized carbons (Fsp3) is 0.750. The summed E-state index contributed by atoms with van der Waals surface area (Å²) in [4.78, 5) is 12.2. The highest BCUT2D eigenvalue weighted by Gasteiger charge is 2.27. The Morgan fingerprint density at radius 3 is 2.44 bits per heavy atom. The van der Waals surface area contributed by atoms with Crippen molar-refractivity contribution in [3.8, 4) is 5.75 Å². The van der Waals surface area contributed by atoms with E-state index in [0.717, 1.165) is 57.3 Å². The van der Waals surface area contributed by atoms with Crippen LogP contribution in [-0.2, 0) is 9.47 Å². The lowest BCUT2D eigenvalue weighted by Gasteiger charge is -2.32. The van der Waals surface area contributed by atoms with E-state index in [1.165, 1.54) is 18.4 Å². The molecule has 1 aromatic carbocycles. The Morgan fingerprint density at radius 2 is 1.79 bits per heavy atom. The zero-order valence-corrected chi connectivity index (χ0v) is 22.1. The summed E-state index contributed by atoms with van der Waals surface area (Å²) in [6, 6.07) is 8.08. The van der Waals surface area contributed by atoms with Gasteiger partial charge in [0.05, 0.1) is 19.3 Å². The number of alkyl carbamates (subject to hydrolysis) is 1. The van der Waals surface area contributed by atoms with Gasteiger partial charge in [-0.3, -0.25) is 0 Å². The molecule has 0 aromatic heterocycles. The van der Waals surface area contributed by atoms with Crippen LogP contribution >= 0.6 is 0 Å². The molecule has 2 unspecified atom stereocenters. The van der Waals surface area contributed by atoms with Crippen LogP contribution in [0.2, 0.25) is 0 Å². The molecule has 6 nitrogen and oxygen atoms in total. The van der Waals surface area contributed by atoms with E-state index >= 15 is 0 Å². The van der Waals surface area contributed by atoms with Crippen LogP contribution in [0.1, 0.15) is 104 Å². The first kappa shape index (κ1) is 28.4. The Balaban J connectivity index is 1.81. The highest BCUT2D eigenvalue weighted by atomic mass is 16.6. The van der Waals surface area contributed by atoms with Gasteiger partial charge >= 0.3 is 6.09 Å². The SMILES string of the molecule is CCCCCOc1ccccc1C1CCC(OCC(N)C(CCC)NC(=O)OC(C)(C)C)CC1. The molecule has 1 saturated carbocycles. The number of nitrogens with one attached hydrogen (secondary N) is 1. The zero-order chi connectivity index (χ0) is 25.0. The van der Waals surface area contributed by atoms with Crippen LogP contribution in [0.5, 0.6) is 5.75 Å². The molecule has 3 N–H and O–H groups in total. The number of amides is 1. The maximum atomic E-state index is 12.2. The number of carbonyl (C=O) groups excluding carboxylic acids is 1. The van der Waals surface area contributed by atoms with E-state index in [1.807, 2.05) is 20.8 Å². The van der Waals surface area contributed by atoms with Gasteiger partial charge in [0, 0.05) is 12.1 Å². The first-order valence-electron chi connectivity index (χ1n) is 13.3. The van der Waals surface area contributed by atoms with Crippen molar-refractivity contribution in [3.63, 3.8) is 0 Å². The van der Waals surface area contributed by atoms with Crippen molar-refractivity contribution in [3.05, 3.63) is 29.8 Å². The molecule has 1 aliphatic rings. The average Bonchev–Trinajstić information content (AvgIpc) is 2.79. The summed E-state index contributed by atoms with van der Waals surface area (Å²) in [6.07, 6.45) is 9.24. The quantitative estimate of drug-likeness (QED) is 0.326. The number of nitrogens with two attached hydrogens (primary N) is 1. The third-order valence-corrected chi connectivity index (χ3v) is 6.38. The van der Waals surface area contributed by atoms with Gasteiger partial charge in [-0.1, -0.05) is 51.3 Å². The number of unbranched alkanes of at least 4 members (excludes halogenated alkanes) is 2. The first-order valence-corrected chi connectivity index (χ1v) is 13.3. The Morgan fingerprint density at radius 1 is 1.09 bits per heavy atom. The van der Waals surface area contributed by atoms with E-state index in [2.05, 4.69) is 43.4 Å². The molecule has 0 heterocycles. The minimum absolute atomic E-state index is 0.159. The molecular formula is C28H48N2O4. The molecular weight excluding hydrogens is 428 g/mol. The third kappa shape index (κ3) is 10.2. The number of hydrogen-bond acceptors (Lipinski definition) is 5. The standard InChI is InChI=1S/C28H48N2O4/c1-6-8-11-19-32-26-14-10-9-13-23(26)21-15-17-22(18-16-21)33-20-24(29)25(12-7-2)30-27(31)34-28(3,4)5/h9-10,13-14,21-22,24-25H,6-8,11-12,15-20,29H2,1-5H3,(H,30,31). The number of ether oxygens (including phenoxy) is 3. The number of hydrogen-bond donors (Lipinski definition) is 2. The van der Waals surface area contributed by atoms with Gasteiger partial charge in [0.15, 0.2) is 0 Å². The lowest BCUT2D eigenvalue weighted by Crippen LogP contribution is -2.51. The van der Waals surface area contributed by atoms with E-state index in [1.54, 1.807) is 0 Å². The molecule has 2 rings (SSSR count). The summed E-state index contributed by atoms with van der Waals surface area (Å²) < 4.78 is 17.7. The molecule has 0 radical (unpaired) electrons. The lowest BCUT2D eigenvalue weighted by atomic mass is 9.82. The normalized spacial score (nSPS) is 20.4. The second-order valence-electron chi connectivity index (χ2n) is 10.6. The van der Waals surface area contributed by atoms with Gasteiger partial charge in [0.2, 0.25) is 0 Å². The van der Waals surface area contributed by atoms with Crippen LogP contribution in [0.4, 0.5) is 4.79 Å². The molecule has 34 heavy (non-hydrogen) atoms. The molecule has 0 aliphatic heterocycles. The second-order valence-corrected chi connectivity index (χ2v) is 10.6. The van der Waals surface area contributed by atoms with Crippen molar-refractivity contribution in [2.45, 2.75) is 122 Å². The average molecular weight is 477 g/mol. The molecule has 0 saturated heterocycles. The van der Waals surface area contributed by atoms with Gasteiger partial charge < -0.3 is 25.3 Å². The molecule has 194 valence electrons. The van der Waals surface area contributed by atoms with Crippen molar-refractivity contribution in [1.82, 2.24) is 5.32 Å². The minimum Gasteiger partial charge on any atom is -0.493 e. The first-order chi connectivity index (χ1) is 16.2. The van der Waals surface area contributed by atoms with E-state index in [-0.39, 0.29) is 18.2 Å². The monoisotopic (exact) mass is 476 g/mol. The maximum Gasteiger partial charge on any atom is 0.407 e. The highest BCUT2D eigenvalue weighted by molar-refractivity contribution is 5.68. The molecule has 2 atom stereocenters. The molecule has 0 bridgehead atoms. The van der Waals surface area contributed by atoms with Crippen molar-refractivity contribution < 1.29 is 19.0 Å². The Hall–Kier alpha value is -1.79. The number of rotatable bonds is 13. The van der Waals surface area contributed by atoms with Crippen molar-refractivity contribution in [2.75, 3.05) is 13.2 Å². The fourth-order valence-corrected chi connectivity index (χ4v) is 4.55. The van der Waals surface area contributed by atoms with E-state index < -0.39 is 11.7 Å². The molecule has 1 fully saturated rings. The van der Waals surface area contributed by atoms with Gasteiger partial charge in [-0.2, -0.15) is 0 Å². The predicted molar refractivity (Wildman–Crippen MR) is 138 cm³/mol. The lowest BCUT2D eigenvalue weighted by molar-refractivity contribution is 0.0102. The summed E-state index contributed by atoms with van der Waals surface area (Å²) in [7, 11) is 0. The summed E-state index contributed by atoms with van der Waals surface area (Å²) >= 11 is 0. The molecule has 1 aromatic rings. The van der Waals surface area contributed by atoms with Gasteiger partial charge in [0.25, 0.3) is 0 Å². The maximum absolute atomic E-state index is 12.2. The summed E-state index contributed by atoms with van der Waals surface area (Å²) in [6.45, 7) is 11.1. The number of carbonyl (C=O) groups is 1. The minimum atomic E-state index is -0.529. The Bertz CT molecular complexity index is 711. The summed E-state index contributed by atoms with van der Waals surface area (Å²) in [5.74, 6) is 1.55. The largest absolute Gasteiger partial charge is 0.493 e. The van der Waals surface area contributed by atoms with E-state index in [4.69, 9.17) is 19.9 Å². The summed E-state index contributed by atoms with van der Waals surface area (Å²) in [5, 5.41) is 2.94. The van der Waals surface area contributed by atoms with Crippen LogP contribution in [0.15, 0.2) is 24.3 Å². The van der Waals surface area contributed by atoms with Gasteiger partial charge in [-0.15, -0.1) is 0 Å². The third-order valence-electron chi connectivity index (χ3n) is 6.38. The Kier molecular flexibility index (Phi) is 12.2.